The molecule has 0 amide bonds. The van der Waals surface area contributed by atoms with E-state index in [0.717, 1.165) is 28.7 Å². The molecule has 0 radical (unpaired) electrons. The second-order valence-corrected chi connectivity index (χ2v) is 8.36. The van der Waals surface area contributed by atoms with Gasteiger partial charge in [-0.3, -0.25) is 0 Å². The van der Waals surface area contributed by atoms with Crippen LogP contribution in [0, 0.1) is 0 Å². The largest absolute Gasteiger partial charge is 0.330 e. The van der Waals surface area contributed by atoms with Gasteiger partial charge in [-0.2, -0.15) is 0 Å². The Morgan fingerprint density at radius 3 is 2.50 bits per heavy atom. The Morgan fingerprint density at radius 1 is 1.18 bits per heavy atom. The van der Waals surface area contributed by atoms with Gasteiger partial charge in [0.2, 0.25) is 15.2 Å². The number of nitrogens with zero attached hydrogens (tertiary/aromatic N) is 3. The van der Waals surface area contributed by atoms with E-state index in [4.69, 9.17) is 0 Å². The number of rotatable bonds is 4. The number of anilines is 2. The Hall–Kier alpha value is -1.51. The normalized spacial score (nSPS) is 17.5. The van der Waals surface area contributed by atoms with Crippen LogP contribution in [0.3, 0.4) is 0 Å². The molecular weight excluding hydrogens is 320 g/mol. The Kier molecular flexibility index (Phi) is 4.42. The lowest BCUT2D eigenvalue weighted by molar-refractivity contribution is 0.320. The molecule has 6 nitrogen and oxygen atoms in total. The lowest BCUT2D eigenvalue weighted by Crippen LogP contribution is -2.37. The van der Waals surface area contributed by atoms with E-state index in [0.29, 0.717) is 19.0 Å². The third-order valence-electron chi connectivity index (χ3n) is 3.74. The number of hydrogen-bond acceptors (Lipinski definition) is 6. The van der Waals surface area contributed by atoms with E-state index in [1.165, 1.54) is 10.6 Å². The predicted molar refractivity (Wildman–Crippen MR) is 88.0 cm³/mol. The first-order valence-corrected chi connectivity index (χ1v) is 9.79. The van der Waals surface area contributed by atoms with Gasteiger partial charge in [-0.15, -0.1) is 10.2 Å². The van der Waals surface area contributed by atoms with Crippen LogP contribution in [0.25, 0.3) is 0 Å². The van der Waals surface area contributed by atoms with Gasteiger partial charge in [-0.25, -0.2) is 12.7 Å². The van der Waals surface area contributed by atoms with Crippen molar-refractivity contribution in [2.45, 2.75) is 18.8 Å². The average Bonchev–Trinajstić information content (AvgIpc) is 2.96. The van der Waals surface area contributed by atoms with Crippen LogP contribution in [0.15, 0.2) is 30.3 Å². The van der Waals surface area contributed by atoms with Crippen molar-refractivity contribution in [2.24, 2.45) is 0 Å². The van der Waals surface area contributed by atoms with Crippen molar-refractivity contribution in [2.75, 3.05) is 24.7 Å². The summed E-state index contributed by atoms with van der Waals surface area (Å²) in [6.45, 7) is 1.12. The molecule has 0 spiro atoms. The topological polar surface area (TPSA) is 75.2 Å². The highest BCUT2D eigenvalue weighted by Gasteiger charge is 2.27. The van der Waals surface area contributed by atoms with Crippen LogP contribution in [0.1, 0.15) is 23.8 Å². The Balaban J connectivity index is 1.63. The van der Waals surface area contributed by atoms with Crippen molar-refractivity contribution in [3.05, 3.63) is 35.3 Å². The zero-order chi connectivity index (χ0) is 15.6. The molecule has 1 aromatic carbocycles. The fourth-order valence-corrected chi connectivity index (χ4v) is 4.34. The zero-order valence-electron chi connectivity index (χ0n) is 12.3. The number of nitrogens with one attached hydrogen (secondary N) is 1. The highest BCUT2D eigenvalue weighted by atomic mass is 32.2. The van der Waals surface area contributed by atoms with Crippen LogP contribution in [0.5, 0.6) is 0 Å². The number of sulfonamides is 1. The van der Waals surface area contributed by atoms with E-state index in [1.807, 2.05) is 30.3 Å². The first-order chi connectivity index (χ1) is 10.5. The molecule has 2 aromatic rings. The molecule has 3 rings (SSSR count). The first kappa shape index (κ1) is 15.4. The average molecular weight is 338 g/mol. The summed E-state index contributed by atoms with van der Waals surface area (Å²) in [5.74, 6) is 0.293. The fraction of sp³-hybridized carbons (Fsp3) is 0.429. The zero-order valence-corrected chi connectivity index (χ0v) is 13.9. The SMILES string of the molecule is CS(=O)(=O)N1CCC(c2nnc(Nc3ccccc3)s2)CC1. The summed E-state index contributed by atoms with van der Waals surface area (Å²) in [5, 5.41) is 13.4. The molecule has 2 heterocycles. The maximum absolute atomic E-state index is 11.5. The van der Waals surface area contributed by atoms with E-state index >= 15 is 0 Å². The first-order valence-electron chi connectivity index (χ1n) is 7.13. The summed E-state index contributed by atoms with van der Waals surface area (Å²) < 4.78 is 24.6. The maximum Gasteiger partial charge on any atom is 0.211 e. The quantitative estimate of drug-likeness (QED) is 0.926. The van der Waals surface area contributed by atoms with Crippen molar-refractivity contribution in [1.29, 1.82) is 0 Å². The molecule has 8 heteroatoms. The van der Waals surface area contributed by atoms with Crippen LogP contribution >= 0.6 is 11.3 Å². The second kappa shape index (κ2) is 6.31. The summed E-state index contributed by atoms with van der Waals surface area (Å²) >= 11 is 1.54. The minimum atomic E-state index is -3.08. The maximum atomic E-state index is 11.5. The molecule has 0 bridgehead atoms. The molecule has 1 N–H and O–H groups in total. The van der Waals surface area contributed by atoms with E-state index in [1.54, 1.807) is 11.3 Å². The molecule has 22 heavy (non-hydrogen) atoms. The third kappa shape index (κ3) is 3.63. The number of piperidine rings is 1. The summed E-state index contributed by atoms with van der Waals surface area (Å²) in [5.41, 5.74) is 0.983. The molecular formula is C14H18N4O2S2. The van der Waals surface area contributed by atoms with Gasteiger partial charge in [0.25, 0.3) is 0 Å². The second-order valence-electron chi connectivity index (χ2n) is 5.37. The lowest BCUT2D eigenvalue weighted by Gasteiger charge is -2.28. The molecule has 1 aromatic heterocycles. The minimum Gasteiger partial charge on any atom is -0.330 e. The van der Waals surface area contributed by atoms with E-state index in [9.17, 15) is 8.42 Å². The standard InChI is InChI=1S/C14H18N4O2S2/c1-22(19,20)18-9-7-11(8-10-18)13-16-17-14(21-13)15-12-5-3-2-4-6-12/h2-6,11H,7-10H2,1H3,(H,15,17). The van der Waals surface area contributed by atoms with Crippen molar-refractivity contribution in [3.8, 4) is 0 Å². The number of para-hydroxylation sites is 1. The molecule has 0 unspecified atom stereocenters. The van der Waals surface area contributed by atoms with E-state index in [2.05, 4.69) is 15.5 Å². The number of benzene rings is 1. The van der Waals surface area contributed by atoms with Crippen LogP contribution in [0.4, 0.5) is 10.8 Å². The summed E-state index contributed by atoms with van der Waals surface area (Å²) in [6, 6.07) is 9.85. The van der Waals surface area contributed by atoms with Crippen molar-refractivity contribution < 1.29 is 8.42 Å². The minimum absolute atomic E-state index is 0.293. The molecule has 1 aliphatic heterocycles. The van der Waals surface area contributed by atoms with Crippen molar-refractivity contribution >= 4 is 32.2 Å². The number of aromatic nitrogens is 2. The van der Waals surface area contributed by atoms with Crippen LogP contribution in [0.2, 0.25) is 0 Å². The van der Waals surface area contributed by atoms with Gasteiger partial charge in [-0.1, -0.05) is 29.5 Å². The van der Waals surface area contributed by atoms with Gasteiger partial charge >= 0.3 is 0 Å². The van der Waals surface area contributed by atoms with Crippen LogP contribution in [-0.4, -0.2) is 42.3 Å². The fourth-order valence-electron chi connectivity index (χ4n) is 2.53. The molecule has 118 valence electrons. The Labute approximate surface area is 134 Å². The van der Waals surface area contributed by atoms with Gasteiger partial charge in [0.1, 0.15) is 5.01 Å². The highest BCUT2D eigenvalue weighted by Crippen LogP contribution is 2.33. The molecule has 1 fully saturated rings. The smallest absolute Gasteiger partial charge is 0.211 e. The van der Waals surface area contributed by atoms with Crippen molar-refractivity contribution in [1.82, 2.24) is 14.5 Å². The summed E-state index contributed by atoms with van der Waals surface area (Å²) in [6.07, 6.45) is 2.86. The van der Waals surface area contributed by atoms with Gasteiger partial charge in [0, 0.05) is 24.7 Å². The van der Waals surface area contributed by atoms with Crippen molar-refractivity contribution in [3.63, 3.8) is 0 Å². The Morgan fingerprint density at radius 2 is 1.86 bits per heavy atom. The molecule has 0 atom stereocenters. The van der Waals surface area contributed by atoms with Gasteiger partial charge < -0.3 is 5.32 Å². The van der Waals surface area contributed by atoms with Gasteiger partial charge in [-0.05, 0) is 25.0 Å². The molecule has 0 saturated carbocycles. The number of hydrogen-bond donors (Lipinski definition) is 1. The van der Waals surface area contributed by atoms with Gasteiger partial charge in [0.15, 0.2) is 0 Å². The molecule has 0 aliphatic carbocycles. The van der Waals surface area contributed by atoms with Crippen LogP contribution < -0.4 is 5.32 Å². The van der Waals surface area contributed by atoms with Gasteiger partial charge in [0.05, 0.1) is 6.26 Å². The monoisotopic (exact) mass is 338 g/mol. The third-order valence-corrected chi connectivity index (χ3v) is 6.04. The van der Waals surface area contributed by atoms with E-state index in [-0.39, 0.29) is 0 Å². The molecule has 1 saturated heterocycles. The summed E-state index contributed by atoms with van der Waals surface area (Å²) in [7, 11) is -3.08. The van der Waals surface area contributed by atoms with Crippen LogP contribution in [-0.2, 0) is 10.0 Å². The summed E-state index contributed by atoms with van der Waals surface area (Å²) in [4.78, 5) is 0. The van der Waals surface area contributed by atoms with E-state index < -0.39 is 10.0 Å². The molecule has 1 aliphatic rings. The predicted octanol–water partition coefficient (Wildman–Crippen LogP) is 2.42. The highest BCUT2D eigenvalue weighted by molar-refractivity contribution is 7.88. The Bertz CT molecular complexity index is 722. The lowest BCUT2D eigenvalue weighted by atomic mass is 9.99.